The van der Waals surface area contributed by atoms with Crippen LogP contribution in [-0.2, 0) is 16.0 Å². The summed E-state index contributed by atoms with van der Waals surface area (Å²) in [5, 5.41) is 11.4. The van der Waals surface area contributed by atoms with Crippen LogP contribution in [0.5, 0.6) is 0 Å². The molecule has 6 heteroatoms. The number of hydrogen-bond acceptors (Lipinski definition) is 3. The molecule has 1 heterocycles. The molecule has 0 aliphatic rings. The molecular weight excluding hydrogens is 210 g/mol. The number of imidazole rings is 1. The normalized spacial score (nSPS) is 12.4. The van der Waals surface area contributed by atoms with E-state index in [1.807, 2.05) is 0 Å². The summed E-state index contributed by atoms with van der Waals surface area (Å²) in [4.78, 5) is 28.9. The zero-order valence-electron chi connectivity index (χ0n) is 9.23. The van der Waals surface area contributed by atoms with Gasteiger partial charge >= 0.3 is 5.97 Å². The van der Waals surface area contributed by atoms with Gasteiger partial charge in [-0.05, 0) is 0 Å². The molecule has 1 aromatic rings. The highest BCUT2D eigenvalue weighted by Crippen LogP contribution is 2.01. The van der Waals surface area contributed by atoms with E-state index in [1.165, 1.54) is 12.5 Å². The van der Waals surface area contributed by atoms with E-state index in [2.05, 4.69) is 15.3 Å². The number of aromatic amines is 1. The molecule has 0 saturated heterocycles. The predicted octanol–water partition coefficient (Wildman–Crippen LogP) is 0.178. The first-order valence-corrected chi connectivity index (χ1v) is 5.01. The van der Waals surface area contributed by atoms with Gasteiger partial charge in [-0.15, -0.1) is 0 Å². The van der Waals surface area contributed by atoms with Gasteiger partial charge in [0.2, 0.25) is 5.91 Å². The number of hydrogen-bond donors (Lipinski definition) is 3. The van der Waals surface area contributed by atoms with E-state index in [4.69, 9.17) is 5.11 Å². The first kappa shape index (κ1) is 12.2. The molecule has 0 fully saturated rings. The van der Waals surface area contributed by atoms with Gasteiger partial charge in [0.25, 0.3) is 0 Å². The molecule has 6 nitrogen and oxygen atoms in total. The van der Waals surface area contributed by atoms with Crippen molar-refractivity contribution in [2.75, 3.05) is 0 Å². The van der Waals surface area contributed by atoms with Crippen molar-refractivity contribution in [3.63, 3.8) is 0 Å². The molecule has 0 spiro atoms. The molecule has 3 N–H and O–H groups in total. The van der Waals surface area contributed by atoms with Crippen LogP contribution in [0.15, 0.2) is 12.5 Å². The lowest BCUT2D eigenvalue weighted by Gasteiger charge is -2.15. The second kappa shape index (κ2) is 5.29. The Morgan fingerprint density at radius 1 is 1.56 bits per heavy atom. The number of amides is 1. The number of carboxylic acid groups (broad SMARTS) is 1. The fourth-order valence-electron chi connectivity index (χ4n) is 1.15. The number of nitrogens with one attached hydrogen (secondary N) is 2. The van der Waals surface area contributed by atoms with Crippen LogP contribution in [-0.4, -0.2) is 33.0 Å². The van der Waals surface area contributed by atoms with E-state index in [1.54, 1.807) is 13.8 Å². The largest absolute Gasteiger partial charge is 0.480 e. The summed E-state index contributed by atoms with van der Waals surface area (Å²) in [5.74, 6) is -1.56. The first-order chi connectivity index (χ1) is 7.50. The number of carbonyl (C=O) groups is 2. The van der Waals surface area contributed by atoms with Crippen molar-refractivity contribution in [1.29, 1.82) is 0 Å². The highest BCUT2D eigenvalue weighted by molar-refractivity contribution is 5.84. The maximum Gasteiger partial charge on any atom is 0.326 e. The fraction of sp³-hybridized carbons (Fsp3) is 0.500. The number of carboxylic acids is 1. The maximum absolute atomic E-state index is 11.4. The first-order valence-electron chi connectivity index (χ1n) is 5.01. The van der Waals surface area contributed by atoms with Gasteiger partial charge in [-0.3, -0.25) is 4.79 Å². The number of rotatable bonds is 5. The van der Waals surface area contributed by atoms with Crippen LogP contribution >= 0.6 is 0 Å². The lowest BCUT2D eigenvalue weighted by Crippen LogP contribution is -2.44. The third-order valence-electron chi connectivity index (χ3n) is 2.12. The van der Waals surface area contributed by atoms with E-state index in [0.29, 0.717) is 5.69 Å². The van der Waals surface area contributed by atoms with Crippen LogP contribution < -0.4 is 5.32 Å². The smallest absolute Gasteiger partial charge is 0.326 e. The summed E-state index contributed by atoms with van der Waals surface area (Å²) in [5.41, 5.74) is 0.677. The van der Waals surface area contributed by atoms with Crippen molar-refractivity contribution in [2.45, 2.75) is 26.3 Å². The topological polar surface area (TPSA) is 95.1 Å². The average Bonchev–Trinajstić information content (AvgIpc) is 2.68. The standard InChI is InChI=1S/C10H15N3O3/c1-6(2)9(14)13-8(10(15)16)3-7-4-11-5-12-7/h4-6,8H,3H2,1-2H3,(H,11,12)(H,13,14)(H,15,16). The molecule has 0 saturated carbocycles. The molecule has 16 heavy (non-hydrogen) atoms. The lowest BCUT2D eigenvalue weighted by molar-refractivity contribution is -0.142. The molecule has 0 radical (unpaired) electrons. The predicted molar refractivity (Wildman–Crippen MR) is 56.7 cm³/mol. The quantitative estimate of drug-likeness (QED) is 0.666. The van der Waals surface area contributed by atoms with Gasteiger partial charge in [-0.25, -0.2) is 9.78 Å². The summed E-state index contributed by atoms with van der Waals surface area (Å²) in [6, 6.07) is -0.921. The fourth-order valence-corrected chi connectivity index (χ4v) is 1.15. The number of aliphatic carboxylic acids is 1. The second-order valence-electron chi connectivity index (χ2n) is 3.84. The summed E-state index contributed by atoms with van der Waals surface area (Å²) >= 11 is 0. The molecule has 0 bridgehead atoms. The Labute approximate surface area is 93.1 Å². The van der Waals surface area contributed by atoms with Crippen molar-refractivity contribution in [3.05, 3.63) is 18.2 Å². The van der Waals surface area contributed by atoms with Gasteiger partial charge in [-0.1, -0.05) is 13.8 Å². The van der Waals surface area contributed by atoms with Crippen LogP contribution in [0, 0.1) is 5.92 Å². The summed E-state index contributed by atoms with van der Waals surface area (Å²) < 4.78 is 0. The Kier molecular flexibility index (Phi) is 4.04. The molecule has 1 unspecified atom stereocenters. The van der Waals surface area contributed by atoms with Gasteiger partial charge in [0, 0.05) is 24.2 Å². The van der Waals surface area contributed by atoms with Crippen LogP contribution in [0.25, 0.3) is 0 Å². The van der Waals surface area contributed by atoms with Gasteiger partial charge in [0.05, 0.1) is 6.33 Å². The Hall–Kier alpha value is -1.85. The minimum Gasteiger partial charge on any atom is -0.480 e. The van der Waals surface area contributed by atoms with Crippen molar-refractivity contribution in [2.24, 2.45) is 5.92 Å². The highest BCUT2D eigenvalue weighted by atomic mass is 16.4. The second-order valence-corrected chi connectivity index (χ2v) is 3.84. The maximum atomic E-state index is 11.4. The molecule has 0 aliphatic heterocycles. The molecule has 1 rings (SSSR count). The molecule has 88 valence electrons. The third-order valence-corrected chi connectivity index (χ3v) is 2.12. The van der Waals surface area contributed by atoms with E-state index >= 15 is 0 Å². The van der Waals surface area contributed by atoms with E-state index in [-0.39, 0.29) is 18.2 Å². The number of aromatic nitrogens is 2. The van der Waals surface area contributed by atoms with Crippen molar-refractivity contribution < 1.29 is 14.7 Å². The molecule has 1 aromatic heterocycles. The minimum atomic E-state index is -1.05. The molecule has 1 atom stereocenters. The van der Waals surface area contributed by atoms with E-state index < -0.39 is 12.0 Å². The Morgan fingerprint density at radius 3 is 2.69 bits per heavy atom. The van der Waals surface area contributed by atoms with Gasteiger partial charge in [0.1, 0.15) is 6.04 Å². The van der Waals surface area contributed by atoms with Crippen LogP contribution in [0.2, 0.25) is 0 Å². The zero-order valence-corrected chi connectivity index (χ0v) is 9.23. The van der Waals surface area contributed by atoms with Crippen molar-refractivity contribution >= 4 is 11.9 Å². The molecule has 1 amide bonds. The Morgan fingerprint density at radius 2 is 2.25 bits per heavy atom. The van der Waals surface area contributed by atoms with E-state index in [0.717, 1.165) is 0 Å². The molecule has 0 aliphatic carbocycles. The van der Waals surface area contributed by atoms with Gasteiger partial charge < -0.3 is 15.4 Å². The van der Waals surface area contributed by atoms with Crippen molar-refractivity contribution in [1.82, 2.24) is 15.3 Å². The molecule has 0 aromatic carbocycles. The SMILES string of the molecule is CC(C)C(=O)NC(Cc1cnc[nH]1)C(=O)O. The van der Waals surface area contributed by atoms with Gasteiger partial charge in [-0.2, -0.15) is 0 Å². The summed E-state index contributed by atoms with van der Waals surface area (Å²) in [6.07, 6.45) is 3.21. The molecular formula is C10H15N3O3. The number of nitrogens with zero attached hydrogens (tertiary/aromatic N) is 1. The summed E-state index contributed by atoms with van der Waals surface area (Å²) in [7, 11) is 0. The monoisotopic (exact) mass is 225 g/mol. The van der Waals surface area contributed by atoms with E-state index in [9.17, 15) is 9.59 Å². The van der Waals surface area contributed by atoms with Crippen LogP contribution in [0.4, 0.5) is 0 Å². The van der Waals surface area contributed by atoms with Crippen LogP contribution in [0.3, 0.4) is 0 Å². The van der Waals surface area contributed by atoms with Crippen LogP contribution in [0.1, 0.15) is 19.5 Å². The van der Waals surface area contributed by atoms with Gasteiger partial charge in [0.15, 0.2) is 0 Å². The lowest BCUT2D eigenvalue weighted by atomic mass is 10.1. The Balaban J connectivity index is 2.62. The zero-order chi connectivity index (χ0) is 12.1. The van der Waals surface area contributed by atoms with Crippen molar-refractivity contribution in [3.8, 4) is 0 Å². The Bertz CT molecular complexity index is 359. The third kappa shape index (κ3) is 3.38. The minimum absolute atomic E-state index is 0.202. The number of H-pyrrole nitrogens is 1. The highest BCUT2D eigenvalue weighted by Gasteiger charge is 2.21. The average molecular weight is 225 g/mol. The summed E-state index contributed by atoms with van der Waals surface area (Å²) in [6.45, 7) is 3.43. The number of carbonyl (C=O) groups excluding carboxylic acids is 1.